The second kappa shape index (κ2) is 14.3. The van der Waals surface area contributed by atoms with Crippen molar-refractivity contribution in [3.8, 4) is 0 Å². The highest BCUT2D eigenvalue weighted by Gasteiger charge is 2.46. The second-order valence-electron chi connectivity index (χ2n) is 15.5. The van der Waals surface area contributed by atoms with E-state index in [0.717, 1.165) is 124 Å². The average Bonchev–Trinajstić information content (AvgIpc) is 3.89. The van der Waals surface area contributed by atoms with Gasteiger partial charge in [0, 0.05) is 48.1 Å². The van der Waals surface area contributed by atoms with Crippen LogP contribution < -0.4 is 24.6 Å². The zero-order chi connectivity index (χ0) is 36.1. The highest BCUT2D eigenvalue weighted by atomic mass is 32.2. The Bertz CT molecular complexity index is 1880. The van der Waals surface area contributed by atoms with Crippen molar-refractivity contribution in [2.24, 2.45) is 11.8 Å². The van der Waals surface area contributed by atoms with Gasteiger partial charge in [-0.25, -0.2) is 16.8 Å². The second-order valence-corrected chi connectivity index (χ2v) is 19.2. The number of sulfonamides is 2. The van der Waals surface area contributed by atoms with Crippen molar-refractivity contribution < 1.29 is 26.4 Å². The molecule has 2 aromatic carbocycles. The van der Waals surface area contributed by atoms with E-state index >= 15 is 0 Å². The van der Waals surface area contributed by atoms with Gasteiger partial charge < -0.3 is 20.9 Å². The predicted molar refractivity (Wildman–Crippen MR) is 201 cm³/mol. The monoisotopic (exact) mass is 740 g/mol. The molecule has 0 radical (unpaired) electrons. The lowest BCUT2D eigenvalue weighted by Crippen LogP contribution is -2.46. The van der Waals surface area contributed by atoms with Crippen LogP contribution in [-0.2, 0) is 29.6 Å². The van der Waals surface area contributed by atoms with Crippen LogP contribution in [0.5, 0.6) is 0 Å². The number of benzene rings is 2. The minimum Gasteiger partial charge on any atom is -0.326 e. The van der Waals surface area contributed by atoms with Crippen molar-refractivity contribution >= 4 is 54.6 Å². The highest BCUT2D eigenvalue weighted by Crippen LogP contribution is 2.47. The van der Waals surface area contributed by atoms with E-state index in [1.807, 2.05) is 36.4 Å². The van der Waals surface area contributed by atoms with Crippen molar-refractivity contribution in [2.45, 2.75) is 88.1 Å². The van der Waals surface area contributed by atoms with Gasteiger partial charge in [-0.2, -0.15) is 0 Å². The first-order valence-electron chi connectivity index (χ1n) is 18.6. The molecule has 0 spiro atoms. The van der Waals surface area contributed by atoms with Crippen molar-refractivity contribution in [3.05, 3.63) is 47.5 Å². The molecule has 6 aliphatic rings. The van der Waals surface area contributed by atoms with Crippen molar-refractivity contribution in [1.82, 2.24) is 10.2 Å². The predicted octanol–water partition coefficient (Wildman–Crippen LogP) is 4.42. The molecule has 2 aromatic rings. The number of carbonyl (C=O) groups is 2. The van der Waals surface area contributed by atoms with Gasteiger partial charge in [0.25, 0.3) is 0 Å². The summed E-state index contributed by atoms with van der Waals surface area (Å²) in [5, 5.41) is 9.45. The molecule has 4 unspecified atom stereocenters. The molecular formula is C37H52N6O6S2. The lowest BCUT2D eigenvalue weighted by atomic mass is 9.89. The number of amides is 2. The third-order valence-electron chi connectivity index (χ3n) is 11.9. The first kappa shape index (κ1) is 36.2. The van der Waals surface area contributed by atoms with Crippen LogP contribution in [0.25, 0.3) is 0 Å². The van der Waals surface area contributed by atoms with E-state index in [0.29, 0.717) is 0 Å². The van der Waals surface area contributed by atoms with Crippen LogP contribution in [0.2, 0.25) is 0 Å². The van der Waals surface area contributed by atoms with Crippen molar-refractivity contribution in [1.29, 1.82) is 0 Å². The number of likely N-dealkylation sites (tertiary alicyclic amines) is 1. The molecule has 8 rings (SSSR count). The average molecular weight is 741 g/mol. The van der Waals surface area contributed by atoms with Gasteiger partial charge in [-0.05, 0) is 106 Å². The smallest absolute Gasteiger partial charge is 0.232 e. The summed E-state index contributed by atoms with van der Waals surface area (Å²) in [6.07, 6.45) is 12.6. The highest BCUT2D eigenvalue weighted by molar-refractivity contribution is 7.92. The minimum absolute atomic E-state index is 0.0167. The Hall–Kier alpha value is -3.20. The first-order valence-corrected chi connectivity index (χ1v) is 22.3. The Morgan fingerprint density at radius 3 is 1.65 bits per heavy atom. The molecule has 3 N–H and O–H groups in total. The number of fused-ring (bicyclic) bond motifs is 6. The summed E-state index contributed by atoms with van der Waals surface area (Å²) in [5.74, 6) is 0.712. The summed E-state index contributed by atoms with van der Waals surface area (Å²) in [6, 6.07) is 11.3. The summed E-state index contributed by atoms with van der Waals surface area (Å²) >= 11 is 0. The number of nitrogens with zero attached hydrogens (tertiary/aromatic N) is 3. The molecule has 2 saturated carbocycles. The molecule has 4 aliphatic heterocycles. The summed E-state index contributed by atoms with van der Waals surface area (Å²) in [5.41, 5.74) is 5.15. The fourth-order valence-electron chi connectivity index (χ4n) is 9.46. The van der Waals surface area contributed by atoms with Crippen LogP contribution in [0.1, 0.15) is 87.2 Å². The van der Waals surface area contributed by atoms with Gasteiger partial charge in [-0.3, -0.25) is 18.2 Å². The number of carbonyl (C=O) groups excluding carboxylic acids is 2. The van der Waals surface area contributed by atoms with E-state index in [1.54, 1.807) is 8.61 Å². The number of piperidine rings is 2. The summed E-state index contributed by atoms with van der Waals surface area (Å²) in [4.78, 5) is 27.1. The SMILES string of the molecule is CN1CCC2C(C1)c1cc(NC(=O)C3CCCC3)ccc1N2S(C)(=O)=O.CS(=O)(=O)N1c2ccc(NC(=O)C3CCCC3)cc2C2CNCCC21. The molecule has 2 amide bonds. The lowest BCUT2D eigenvalue weighted by Gasteiger charge is -2.36. The molecule has 51 heavy (non-hydrogen) atoms. The Kier molecular flexibility index (Phi) is 10.2. The van der Waals surface area contributed by atoms with Gasteiger partial charge in [0.15, 0.2) is 0 Å². The summed E-state index contributed by atoms with van der Waals surface area (Å²) < 4.78 is 52.7. The van der Waals surface area contributed by atoms with E-state index in [-0.39, 0.29) is 47.6 Å². The third-order valence-corrected chi connectivity index (χ3v) is 14.2. The van der Waals surface area contributed by atoms with Gasteiger partial charge in [-0.15, -0.1) is 0 Å². The minimum atomic E-state index is -3.33. The first-order chi connectivity index (χ1) is 24.3. The fourth-order valence-corrected chi connectivity index (χ4v) is 12.0. The quantitative estimate of drug-likeness (QED) is 0.395. The standard InChI is InChI=1S/C19H27N3O3S.C18H25N3O3S/c1-21-10-9-18-16(12-21)15-11-14(20-19(23)13-5-3-4-6-13)7-8-17(15)22(18)26(2,24)25;1-25(23,24)21-16-7-6-13(20-18(22)12-4-2-3-5-12)10-14(16)15-11-19-9-8-17(15)21/h7-8,11,13,16,18H,3-6,9-10,12H2,1-2H3,(H,20,23);6-7,10,12,15,17,19H,2-5,8-9,11H2,1H3,(H,20,22). The normalized spacial score (nSPS) is 26.5. The van der Waals surface area contributed by atoms with E-state index in [1.165, 1.54) is 12.5 Å². The van der Waals surface area contributed by atoms with Gasteiger partial charge in [-0.1, -0.05) is 25.7 Å². The van der Waals surface area contributed by atoms with Crippen LogP contribution in [0.3, 0.4) is 0 Å². The molecule has 14 heteroatoms. The van der Waals surface area contributed by atoms with Gasteiger partial charge in [0.2, 0.25) is 31.9 Å². The number of hydrogen-bond donors (Lipinski definition) is 3. The van der Waals surface area contributed by atoms with Gasteiger partial charge in [0.05, 0.1) is 36.0 Å². The number of anilines is 4. The molecule has 12 nitrogen and oxygen atoms in total. The number of hydrogen-bond acceptors (Lipinski definition) is 8. The molecule has 0 aromatic heterocycles. The summed E-state index contributed by atoms with van der Waals surface area (Å²) in [7, 11) is -4.57. The van der Waals surface area contributed by atoms with Gasteiger partial charge >= 0.3 is 0 Å². The Morgan fingerprint density at radius 2 is 1.16 bits per heavy atom. The lowest BCUT2D eigenvalue weighted by molar-refractivity contribution is -0.120. The Balaban J connectivity index is 0.000000159. The zero-order valence-corrected chi connectivity index (χ0v) is 31.6. The van der Waals surface area contributed by atoms with Crippen molar-refractivity contribution in [2.75, 3.05) is 65.0 Å². The number of likely N-dealkylation sites (N-methyl/N-ethyl adjacent to an activating group) is 1. The Labute approximate surface area is 302 Å². The Morgan fingerprint density at radius 1 is 0.686 bits per heavy atom. The fraction of sp³-hybridized carbons (Fsp3) is 0.622. The topological polar surface area (TPSA) is 148 Å². The largest absolute Gasteiger partial charge is 0.326 e. The molecule has 4 heterocycles. The van der Waals surface area contributed by atoms with Crippen LogP contribution in [0.4, 0.5) is 22.7 Å². The maximum absolute atomic E-state index is 12.4. The molecule has 4 atom stereocenters. The maximum Gasteiger partial charge on any atom is 0.232 e. The maximum atomic E-state index is 12.4. The van der Waals surface area contributed by atoms with E-state index in [9.17, 15) is 26.4 Å². The third kappa shape index (κ3) is 7.38. The van der Waals surface area contributed by atoms with Crippen LogP contribution in [0.15, 0.2) is 36.4 Å². The van der Waals surface area contributed by atoms with Crippen LogP contribution in [-0.4, -0.2) is 91.4 Å². The zero-order valence-electron chi connectivity index (χ0n) is 29.9. The summed E-state index contributed by atoms with van der Waals surface area (Å²) in [6.45, 7) is 3.33. The molecular weight excluding hydrogens is 689 g/mol. The molecule has 2 aliphatic carbocycles. The molecule has 0 bridgehead atoms. The van der Waals surface area contributed by atoms with E-state index in [2.05, 4.69) is 27.9 Å². The molecule has 4 fully saturated rings. The van der Waals surface area contributed by atoms with Gasteiger partial charge in [0.1, 0.15) is 0 Å². The van der Waals surface area contributed by atoms with Crippen LogP contribution >= 0.6 is 0 Å². The number of nitrogens with one attached hydrogen (secondary N) is 3. The molecule has 2 saturated heterocycles. The van der Waals surface area contributed by atoms with E-state index in [4.69, 9.17) is 0 Å². The van der Waals surface area contributed by atoms with Crippen LogP contribution in [0, 0.1) is 11.8 Å². The number of rotatable bonds is 6. The molecule has 278 valence electrons. The van der Waals surface area contributed by atoms with E-state index < -0.39 is 20.0 Å². The van der Waals surface area contributed by atoms with Crippen molar-refractivity contribution in [3.63, 3.8) is 0 Å².